The number of rotatable bonds is 8. The molecular weight excluding hydrogens is 244 g/mol. The van der Waals surface area contributed by atoms with E-state index in [0.29, 0.717) is 13.1 Å². The van der Waals surface area contributed by atoms with Crippen molar-refractivity contribution in [2.75, 3.05) is 30.3 Å². The van der Waals surface area contributed by atoms with Crippen LogP contribution >= 0.6 is 11.8 Å². The molecule has 3 nitrogen and oxygen atoms in total. The summed E-state index contributed by atoms with van der Waals surface area (Å²) in [5.74, 6) is 1.05. The van der Waals surface area contributed by atoms with Gasteiger partial charge in [0.2, 0.25) is 0 Å². The molecule has 1 aromatic rings. The van der Waals surface area contributed by atoms with E-state index in [1.54, 1.807) is 0 Å². The van der Waals surface area contributed by atoms with Gasteiger partial charge in [-0.15, -0.1) is 11.8 Å². The molecule has 3 N–H and O–H groups in total. The highest BCUT2D eigenvalue weighted by Crippen LogP contribution is 2.30. The minimum atomic E-state index is 0.176. The lowest BCUT2D eigenvalue weighted by Crippen LogP contribution is -2.29. The number of benzene rings is 1. The lowest BCUT2D eigenvalue weighted by molar-refractivity contribution is 0.301. The highest BCUT2D eigenvalue weighted by atomic mass is 32.2. The largest absolute Gasteiger partial charge is 0.395 e. The molecule has 0 aromatic heterocycles. The van der Waals surface area contributed by atoms with Crippen molar-refractivity contribution in [1.82, 2.24) is 0 Å². The molecule has 0 aliphatic carbocycles. The maximum Gasteiger partial charge on any atom is 0.0606 e. The second-order valence-electron chi connectivity index (χ2n) is 4.10. The van der Waals surface area contributed by atoms with Gasteiger partial charge in [-0.2, -0.15) is 0 Å². The van der Waals surface area contributed by atoms with E-state index >= 15 is 0 Å². The van der Waals surface area contributed by atoms with Gasteiger partial charge in [-0.25, -0.2) is 0 Å². The molecule has 0 heterocycles. The fourth-order valence-corrected chi connectivity index (χ4v) is 2.94. The molecule has 0 fully saturated rings. The number of aliphatic hydroxyl groups excluding tert-OH is 1. The Kier molecular flexibility index (Phi) is 7.16. The molecule has 0 unspecified atom stereocenters. The number of hydrogen-bond acceptors (Lipinski definition) is 4. The number of nitrogens with two attached hydrogens (primary N) is 1. The average molecular weight is 268 g/mol. The van der Waals surface area contributed by atoms with Gasteiger partial charge in [-0.3, -0.25) is 0 Å². The zero-order chi connectivity index (χ0) is 13.4. The lowest BCUT2D eigenvalue weighted by atomic mass is 10.1. The van der Waals surface area contributed by atoms with Crippen molar-refractivity contribution in [3.8, 4) is 0 Å². The molecule has 0 saturated carbocycles. The minimum Gasteiger partial charge on any atom is -0.395 e. The number of thioether (sulfide) groups is 1. The molecule has 0 spiro atoms. The fourth-order valence-electron chi connectivity index (χ4n) is 2.09. The van der Waals surface area contributed by atoms with E-state index < -0.39 is 0 Å². The zero-order valence-corrected chi connectivity index (χ0v) is 12.2. The Hall–Kier alpha value is -0.710. The first-order valence-corrected chi connectivity index (χ1v) is 7.57. The SMILES string of the molecule is CCCN(CCO)c1cccc(SCC)c1CN. The van der Waals surface area contributed by atoms with Gasteiger partial charge in [0, 0.05) is 35.8 Å². The summed E-state index contributed by atoms with van der Waals surface area (Å²) in [6.07, 6.45) is 1.06. The Labute approximate surface area is 114 Å². The third kappa shape index (κ3) is 3.90. The van der Waals surface area contributed by atoms with E-state index in [9.17, 15) is 5.11 Å². The average Bonchev–Trinajstić information content (AvgIpc) is 2.38. The first kappa shape index (κ1) is 15.3. The number of anilines is 1. The van der Waals surface area contributed by atoms with Gasteiger partial charge in [0.05, 0.1) is 6.61 Å². The Balaban J connectivity index is 3.07. The fraction of sp³-hybridized carbons (Fsp3) is 0.571. The smallest absolute Gasteiger partial charge is 0.0606 e. The van der Waals surface area contributed by atoms with Crippen molar-refractivity contribution >= 4 is 17.4 Å². The van der Waals surface area contributed by atoms with Gasteiger partial charge in [-0.05, 0) is 24.3 Å². The topological polar surface area (TPSA) is 49.5 Å². The Morgan fingerprint density at radius 2 is 2.06 bits per heavy atom. The molecule has 0 atom stereocenters. The maximum absolute atomic E-state index is 9.18. The molecule has 1 aromatic carbocycles. The van der Waals surface area contributed by atoms with Crippen LogP contribution in [-0.4, -0.2) is 30.6 Å². The van der Waals surface area contributed by atoms with Crippen molar-refractivity contribution in [3.05, 3.63) is 23.8 Å². The summed E-state index contributed by atoms with van der Waals surface area (Å²) in [4.78, 5) is 3.48. The molecule has 102 valence electrons. The van der Waals surface area contributed by atoms with E-state index in [1.165, 1.54) is 16.1 Å². The first-order valence-electron chi connectivity index (χ1n) is 6.59. The van der Waals surface area contributed by atoms with Gasteiger partial charge in [0.25, 0.3) is 0 Å². The van der Waals surface area contributed by atoms with Crippen molar-refractivity contribution in [1.29, 1.82) is 0 Å². The van der Waals surface area contributed by atoms with Gasteiger partial charge < -0.3 is 15.7 Å². The van der Waals surface area contributed by atoms with Crippen LogP contribution in [0.2, 0.25) is 0 Å². The Morgan fingerprint density at radius 1 is 1.28 bits per heavy atom. The zero-order valence-electron chi connectivity index (χ0n) is 11.4. The van der Waals surface area contributed by atoms with Crippen LogP contribution in [0.3, 0.4) is 0 Å². The van der Waals surface area contributed by atoms with Crippen LogP contribution < -0.4 is 10.6 Å². The predicted octanol–water partition coefficient (Wildman–Crippen LogP) is 2.47. The standard InChI is InChI=1S/C14H24N2OS/c1-3-8-16(9-10-17)13-6-5-7-14(18-4-2)12(13)11-15/h5-7,17H,3-4,8-11,15H2,1-2H3. The van der Waals surface area contributed by atoms with Crippen molar-refractivity contribution in [2.45, 2.75) is 31.7 Å². The van der Waals surface area contributed by atoms with Gasteiger partial charge >= 0.3 is 0 Å². The van der Waals surface area contributed by atoms with Crippen LogP contribution in [-0.2, 0) is 6.54 Å². The normalized spacial score (nSPS) is 10.7. The number of hydrogen-bond donors (Lipinski definition) is 2. The first-order chi connectivity index (χ1) is 8.78. The van der Waals surface area contributed by atoms with Crippen LogP contribution in [0.1, 0.15) is 25.8 Å². The minimum absolute atomic E-state index is 0.176. The number of aliphatic hydroxyl groups is 1. The Morgan fingerprint density at radius 3 is 2.61 bits per heavy atom. The molecule has 0 amide bonds. The molecular formula is C14H24N2OS. The molecule has 0 bridgehead atoms. The van der Waals surface area contributed by atoms with Gasteiger partial charge in [0.1, 0.15) is 0 Å². The van der Waals surface area contributed by atoms with Crippen LogP contribution in [0.4, 0.5) is 5.69 Å². The van der Waals surface area contributed by atoms with E-state index in [-0.39, 0.29) is 6.61 Å². The Bertz CT molecular complexity index is 352. The lowest BCUT2D eigenvalue weighted by Gasteiger charge is -2.27. The van der Waals surface area contributed by atoms with E-state index in [4.69, 9.17) is 5.73 Å². The quantitative estimate of drug-likeness (QED) is 0.711. The van der Waals surface area contributed by atoms with Crippen LogP contribution in [0.5, 0.6) is 0 Å². The highest BCUT2D eigenvalue weighted by molar-refractivity contribution is 7.99. The molecule has 0 saturated heterocycles. The monoisotopic (exact) mass is 268 g/mol. The summed E-state index contributed by atoms with van der Waals surface area (Å²) in [5, 5.41) is 9.18. The van der Waals surface area contributed by atoms with Crippen LogP contribution in [0.25, 0.3) is 0 Å². The molecule has 0 radical (unpaired) electrons. The van der Waals surface area contributed by atoms with Gasteiger partial charge in [0.15, 0.2) is 0 Å². The second kappa shape index (κ2) is 8.40. The molecule has 4 heteroatoms. The third-order valence-electron chi connectivity index (χ3n) is 2.82. The number of nitrogens with zero attached hydrogens (tertiary/aromatic N) is 1. The van der Waals surface area contributed by atoms with Crippen molar-refractivity contribution in [2.24, 2.45) is 5.73 Å². The van der Waals surface area contributed by atoms with Gasteiger partial charge in [-0.1, -0.05) is 19.9 Å². The summed E-state index contributed by atoms with van der Waals surface area (Å²) in [6, 6.07) is 6.31. The van der Waals surface area contributed by atoms with Crippen LogP contribution in [0, 0.1) is 0 Å². The van der Waals surface area contributed by atoms with E-state index in [1.807, 2.05) is 11.8 Å². The second-order valence-corrected chi connectivity index (χ2v) is 5.41. The third-order valence-corrected chi connectivity index (χ3v) is 3.80. The summed E-state index contributed by atoms with van der Waals surface area (Å²) in [6.45, 7) is 6.64. The summed E-state index contributed by atoms with van der Waals surface area (Å²) in [7, 11) is 0. The van der Waals surface area contributed by atoms with E-state index in [2.05, 4.69) is 36.9 Å². The van der Waals surface area contributed by atoms with E-state index in [0.717, 1.165) is 18.7 Å². The molecule has 0 aliphatic heterocycles. The highest BCUT2D eigenvalue weighted by Gasteiger charge is 2.12. The molecule has 1 rings (SSSR count). The van der Waals surface area contributed by atoms with Crippen molar-refractivity contribution in [3.63, 3.8) is 0 Å². The molecule has 0 aliphatic rings. The van der Waals surface area contributed by atoms with Crippen molar-refractivity contribution < 1.29 is 5.11 Å². The molecule has 18 heavy (non-hydrogen) atoms. The summed E-state index contributed by atoms with van der Waals surface area (Å²) >= 11 is 1.83. The maximum atomic E-state index is 9.18. The predicted molar refractivity (Wildman–Crippen MR) is 80.3 cm³/mol. The van der Waals surface area contributed by atoms with Crippen LogP contribution in [0.15, 0.2) is 23.1 Å². The summed E-state index contributed by atoms with van der Waals surface area (Å²) in [5.41, 5.74) is 8.28. The summed E-state index contributed by atoms with van der Waals surface area (Å²) < 4.78 is 0.